The molecule has 0 radical (unpaired) electrons. The molecule has 2 N–H and O–H groups in total. The summed E-state index contributed by atoms with van der Waals surface area (Å²) in [6, 6.07) is 4.73. The zero-order valence-electron chi connectivity index (χ0n) is 7.60. The summed E-state index contributed by atoms with van der Waals surface area (Å²) in [5.41, 5.74) is 0. The van der Waals surface area contributed by atoms with Crippen LogP contribution in [0, 0.1) is 11.3 Å². The van der Waals surface area contributed by atoms with Gasteiger partial charge in [0.2, 0.25) is 0 Å². The number of nitrogens with one attached hydrogen (secondary N) is 2. The summed E-state index contributed by atoms with van der Waals surface area (Å²) < 4.78 is 0. The van der Waals surface area contributed by atoms with Gasteiger partial charge in [-0.3, -0.25) is 9.59 Å². The molecule has 7 heteroatoms. The summed E-state index contributed by atoms with van der Waals surface area (Å²) in [5, 5.41) is 19.5. The zero-order valence-corrected chi connectivity index (χ0v) is 7.60. The van der Waals surface area contributed by atoms with E-state index in [1.807, 2.05) is 0 Å². The smallest absolute Gasteiger partial charge is 0.314 e. The standard InChI is InChI=1S/C8H7N5O2/c9-3-5-10-7(14)8(15)12-6-2-1-4-11-13-6/h1-2,4H,5H2,(H,10,14)(H,12,13,15). The maximum atomic E-state index is 11.1. The van der Waals surface area contributed by atoms with Gasteiger partial charge in [0.1, 0.15) is 6.54 Å². The minimum absolute atomic E-state index is 0.176. The molecule has 7 nitrogen and oxygen atoms in total. The Labute approximate surface area is 85.1 Å². The molecule has 0 aromatic carbocycles. The van der Waals surface area contributed by atoms with Gasteiger partial charge in [0.15, 0.2) is 5.82 Å². The van der Waals surface area contributed by atoms with Crippen LogP contribution in [-0.2, 0) is 9.59 Å². The van der Waals surface area contributed by atoms with E-state index < -0.39 is 11.8 Å². The fourth-order valence-electron chi connectivity index (χ4n) is 0.741. The van der Waals surface area contributed by atoms with Crippen molar-refractivity contribution in [3.63, 3.8) is 0 Å². The highest BCUT2D eigenvalue weighted by Gasteiger charge is 2.12. The van der Waals surface area contributed by atoms with Gasteiger partial charge in [0.25, 0.3) is 0 Å². The number of nitriles is 1. The predicted octanol–water partition coefficient (Wildman–Crippen LogP) is -0.945. The average Bonchev–Trinajstić information content (AvgIpc) is 2.27. The number of nitrogens with zero attached hydrogens (tertiary/aromatic N) is 3. The first-order valence-corrected chi connectivity index (χ1v) is 3.98. The Bertz CT molecular complexity index is 397. The molecule has 1 heterocycles. The topological polar surface area (TPSA) is 108 Å². The number of hydrogen-bond acceptors (Lipinski definition) is 5. The highest BCUT2D eigenvalue weighted by Crippen LogP contribution is 1.96. The molecular weight excluding hydrogens is 198 g/mol. The van der Waals surface area contributed by atoms with E-state index in [4.69, 9.17) is 5.26 Å². The van der Waals surface area contributed by atoms with Gasteiger partial charge in [-0.2, -0.15) is 10.4 Å². The second kappa shape index (κ2) is 5.29. The van der Waals surface area contributed by atoms with E-state index in [0.29, 0.717) is 0 Å². The molecule has 0 fully saturated rings. The van der Waals surface area contributed by atoms with Crippen molar-refractivity contribution in [1.29, 1.82) is 5.26 Å². The van der Waals surface area contributed by atoms with Gasteiger partial charge in [-0.15, -0.1) is 5.10 Å². The third-order valence-electron chi connectivity index (χ3n) is 1.35. The molecule has 15 heavy (non-hydrogen) atoms. The predicted molar refractivity (Wildman–Crippen MR) is 49.3 cm³/mol. The molecular formula is C8H7N5O2. The van der Waals surface area contributed by atoms with Crippen LogP contribution in [0.3, 0.4) is 0 Å². The normalized spacial score (nSPS) is 8.73. The fraction of sp³-hybridized carbons (Fsp3) is 0.125. The molecule has 0 saturated heterocycles. The molecule has 1 aromatic heterocycles. The lowest BCUT2D eigenvalue weighted by atomic mass is 10.5. The third-order valence-corrected chi connectivity index (χ3v) is 1.35. The van der Waals surface area contributed by atoms with Gasteiger partial charge in [-0.1, -0.05) is 0 Å². The number of aromatic nitrogens is 2. The van der Waals surface area contributed by atoms with Crippen LogP contribution < -0.4 is 10.6 Å². The first-order chi connectivity index (χ1) is 7.24. The maximum absolute atomic E-state index is 11.1. The Morgan fingerprint density at radius 2 is 2.27 bits per heavy atom. The zero-order chi connectivity index (χ0) is 11.1. The van der Waals surface area contributed by atoms with Gasteiger partial charge in [-0.25, -0.2) is 0 Å². The van der Waals surface area contributed by atoms with Crippen LogP contribution in [0.4, 0.5) is 5.82 Å². The molecule has 0 aliphatic heterocycles. The van der Waals surface area contributed by atoms with Crippen molar-refractivity contribution in [3.8, 4) is 6.07 Å². The molecule has 0 atom stereocenters. The van der Waals surface area contributed by atoms with E-state index in [9.17, 15) is 9.59 Å². The number of rotatable bonds is 2. The lowest BCUT2D eigenvalue weighted by Crippen LogP contribution is -2.35. The Kier molecular flexibility index (Phi) is 3.73. The quantitative estimate of drug-likeness (QED) is 0.478. The minimum atomic E-state index is -0.887. The van der Waals surface area contributed by atoms with Gasteiger partial charge in [0.05, 0.1) is 6.07 Å². The lowest BCUT2D eigenvalue weighted by Gasteiger charge is -2.01. The Hall–Kier alpha value is -2.49. The fourth-order valence-corrected chi connectivity index (χ4v) is 0.741. The van der Waals surface area contributed by atoms with Crippen molar-refractivity contribution in [2.75, 3.05) is 11.9 Å². The van der Waals surface area contributed by atoms with E-state index in [1.165, 1.54) is 12.3 Å². The molecule has 1 aromatic rings. The largest absolute Gasteiger partial charge is 0.335 e. The molecule has 0 spiro atoms. The number of amides is 2. The first-order valence-electron chi connectivity index (χ1n) is 3.98. The summed E-state index contributed by atoms with van der Waals surface area (Å²) in [6.45, 7) is -0.216. The van der Waals surface area contributed by atoms with Crippen molar-refractivity contribution in [1.82, 2.24) is 15.5 Å². The van der Waals surface area contributed by atoms with Gasteiger partial charge in [-0.05, 0) is 12.1 Å². The number of hydrogen-bond donors (Lipinski definition) is 2. The number of carbonyl (C=O) groups excluding carboxylic acids is 2. The molecule has 0 saturated carbocycles. The highest BCUT2D eigenvalue weighted by molar-refractivity contribution is 6.39. The molecule has 0 unspecified atom stereocenters. The third kappa shape index (κ3) is 3.40. The first kappa shape index (κ1) is 10.6. The number of carbonyl (C=O) groups is 2. The van der Waals surface area contributed by atoms with Crippen LogP contribution in [0.5, 0.6) is 0 Å². The average molecular weight is 205 g/mol. The van der Waals surface area contributed by atoms with Crippen molar-refractivity contribution < 1.29 is 9.59 Å². The van der Waals surface area contributed by atoms with Crippen LogP contribution in [0.2, 0.25) is 0 Å². The van der Waals surface area contributed by atoms with Gasteiger partial charge < -0.3 is 10.6 Å². The van der Waals surface area contributed by atoms with Crippen molar-refractivity contribution >= 4 is 17.6 Å². The molecule has 0 aliphatic rings. The Morgan fingerprint density at radius 3 is 2.87 bits per heavy atom. The second-order valence-electron chi connectivity index (χ2n) is 2.40. The van der Waals surface area contributed by atoms with Crippen molar-refractivity contribution in [3.05, 3.63) is 18.3 Å². The summed E-state index contributed by atoms with van der Waals surface area (Å²) in [4.78, 5) is 22.1. The Balaban J connectivity index is 2.50. The molecule has 2 amide bonds. The van der Waals surface area contributed by atoms with Crippen LogP contribution in [0.1, 0.15) is 0 Å². The van der Waals surface area contributed by atoms with Crippen molar-refractivity contribution in [2.45, 2.75) is 0 Å². The second-order valence-corrected chi connectivity index (χ2v) is 2.40. The van der Waals surface area contributed by atoms with Crippen LogP contribution in [0.15, 0.2) is 18.3 Å². The van der Waals surface area contributed by atoms with E-state index in [1.54, 1.807) is 12.1 Å². The van der Waals surface area contributed by atoms with Gasteiger partial charge >= 0.3 is 11.8 Å². The Morgan fingerprint density at radius 1 is 1.47 bits per heavy atom. The molecule has 0 aliphatic carbocycles. The van der Waals surface area contributed by atoms with E-state index >= 15 is 0 Å². The number of anilines is 1. The molecule has 1 rings (SSSR count). The van der Waals surface area contributed by atoms with Crippen LogP contribution in [-0.4, -0.2) is 28.6 Å². The van der Waals surface area contributed by atoms with E-state index in [-0.39, 0.29) is 12.4 Å². The SMILES string of the molecule is N#CCNC(=O)C(=O)Nc1cccnn1. The summed E-state index contributed by atoms with van der Waals surface area (Å²) in [5.74, 6) is -1.59. The molecule has 76 valence electrons. The van der Waals surface area contributed by atoms with Gasteiger partial charge in [0, 0.05) is 6.20 Å². The summed E-state index contributed by atoms with van der Waals surface area (Å²) in [6.07, 6.45) is 1.44. The van der Waals surface area contributed by atoms with E-state index in [2.05, 4.69) is 20.8 Å². The minimum Gasteiger partial charge on any atom is -0.335 e. The van der Waals surface area contributed by atoms with E-state index in [0.717, 1.165) is 0 Å². The van der Waals surface area contributed by atoms with Crippen molar-refractivity contribution in [2.24, 2.45) is 0 Å². The monoisotopic (exact) mass is 205 g/mol. The summed E-state index contributed by atoms with van der Waals surface area (Å²) in [7, 11) is 0. The summed E-state index contributed by atoms with van der Waals surface area (Å²) >= 11 is 0. The van der Waals surface area contributed by atoms with Crippen LogP contribution in [0.25, 0.3) is 0 Å². The maximum Gasteiger partial charge on any atom is 0.314 e. The lowest BCUT2D eigenvalue weighted by molar-refractivity contribution is -0.136. The highest BCUT2D eigenvalue weighted by atomic mass is 16.2. The molecule has 0 bridgehead atoms. The van der Waals surface area contributed by atoms with Crippen LogP contribution >= 0.6 is 0 Å².